The van der Waals surface area contributed by atoms with E-state index in [0.717, 1.165) is 0 Å². The number of carbonyl (C=O) groups excluding carboxylic acids is 10. The number of hydrogen-bond donors (Lipinski definition) is 13. The molecule has 0 unspecified atom stereocenters. The monoisotopic (exact) mass is 998 g/mol. The van der Waals surface area contributed by atoms with Crippen molar-refractivity contribution in [1.29, 1.82) is 0 Å². The smallest absolute Gasteiger partial charge is 0.326 e. The van der Waals surface area contributed by atoms with Crippen LogP contribution in [0.15, 0.2) is 0 Å². The first-order chi connectivity index (χ1) is 32.3. The van der Waals surface area contributed by atoms with Gasteiger partial charge in [-0.15, -0.1) is 0 Å². The molecule has 0 saturated heterocycles. The van der Waals surface area contributed by atoms with Gasteiger partial charge >= 0.3 is 11.9 Å². The lowest BCUT2D eigenvalue weighted by molar-refractivity contribution is -0.143. The Morgan fingerprint density at radius 1 is 0.443 bits per heavy atom. The van der Waals surface area contributed by atoms with Gasteiger partial charge in [-0.05, 0) is 62.2 Å². The Bertz CT molecular complexity index is 1860. The molecule has 25 heteroatoms. The Morgan fingerprint density at radius 3 is 1.30 bits per heavy atom. The van der Waals surface area contributed by atoms with E-state index in [9.17, 15) is 67.7 Å². The maximum absolute atomic E-state index is 14.0. The fourth-order valence-electron chi connectivity index (χ4n) is 6.86. The van der Waals surface area contributed by atoms with Crippen LogP contribution in [-0.2, 0) is 57.5 Å². The van der Waals surface area contributed by atoms with Gasteiger partial charge in [0.25, 0.3) is 0 Å². The second-order valence-electron chi connectivity index (χ2n) is 19.2. The molecule has 0 aromatic rings. The molecule has 10 atom stereocenters. The summed E-state index contributed by atoms with van der Waals surface area (Å²) in [6, 6.07) is -12.8. The summed E-state index contributed by atoms with van der Waals surface area (Å²) in [5.74, 6) is -13.8. The summed E-state index contributed by atoms with van der Waals surface area (Å²) >= 11 is 0. The number of carbonyl (C=O) groups is 12. The molecule has 16 N–H and O–H groups in total. The molecule has 0 fully saturated rings. The summed E-state index contributed by atoms with van der Waals surface area (Å²) in [7, 11) is 0. The van der Waals surface area contributed by atoms with Gasteiger partial charge in [0.2, 0.25) is 59.1 Å². The SMILES string of the molecule is CC[C@H](C)[C@H](NC(=O)[C@@H](NC(=O)[C@H](CC(C)C)NC(=O)[C@H](CC(N)=O)NC(=O)[C@H](CC(=O)O)NC(=O)[C@H](CCC(N)=O)NC(=O)[C@@H](N)CC(C)C)C(C)C)C(=O)N[C@@H](C)C(=O)N[C@@H](CC(C)C)C(=O)O. The summed E-state index contributed by atoms with van der Waals surface area (Å²) in [6.45, 7) is 18.6. The maximum Gasteiger partial charge on any atom is 0.326 e. The van der Waals surface area contributed by atoms with E-state index in [0.29, 0.717) is 6.42 Å². The number of nitrogens with one attached hydrogen (secondary N) is 8. The zero-order chi connectivity index (χ0) is 54.3. The highest BCUT2D eigenvalue weighted by Gasteiger charge is 2.37. The number of aliphatic carboxylic acids is 2. The van der Waals surface area contributed by atoms with Crippen LogP contribution in [0.4, 0.5) is 0 Å². The van der Waals surface area contributed by atoms with Crippen LogP contribution < -0.4 is 59.7 Å². The first kappa shape index (κ1) is 63.6. The van der Waals surface area contributed by atoms with E-state index in [1.807, 2.05) is 0 Å². The summed E-state index contributed by atoms with van der Waals surface area (Å²) < 4.78 is 0. The highest BCUT2D eigenvalue weighted by atomic mass is 16.4. The first-order valence-electron chi connectivity index (χ1n) is 23.5. The number of amides is 10. The van der Waals surface area contributed by atoms with Gasteiger partial charge < -0.3 is 69.9 Å². The van der Waals surface area contributed by atoms with Gasteiger partial charge in [-0.1, -0.05) is 75.7 Å². The largest absolute Gasteiger partial charge is 0.481 e. The van der Waals surface area contributed by atoms with Crippen molar-refractivity contribution in [3.05, 3.63) is 0 Å². The van der Waals surface area contributed by atoms with E-state index < -0.39 is 156 Å². The molecule has 0 bridgehead atoms. The number of primary amides is 2. The molecule has 10 amide bonds. The van der Waals surface area contributed by atoms with E-state index in [1.54, 1.807) is 69.2 Å². The zero-order valence-electron chi connectivity index (χ0n) is 42.3. The summed E-state index contributed by atoms with van der Waals surface area (Å²) in [5, 5.41) is 38.6. The molecule has 0 rings (SSSR count). The van der Waals surface area contributed by atoms with Crippen molar-refractivity contribution in [2.45, 2.75) is 182 Å². The van der Waals surface area contributed by atoms with Crippen LogP contribution in [0.1, 0.15) is 128 Å². The number of nitrogens with two attached hydrogens (primary N) is 3. The lowest BCUT2D eigenvalue weighted by atomic mass is 9.95. The lowest BCUT2D eigenvalue weighted by Gasteiger charge is -2.30. The van der Waals surface area contributed by atoms with E-state index in [1.165, 1.54) is 6.92 Å². The molecule has 25 nitrogen and oxygen atoms in total. The van der Waals surface area contributed by atoms with Crippen LogP contribution in [0, 0.1) is 29.6 Å². The van der Waals surface area contributed by atoms with Gasteiger partial charge in [0.1, 0.15) is 48.3 Å². The average molecular weight is 998 g/mol. The van der Waals surface area contributed by atoms with Gasteiger partial charge in [-0.25, -0.2) is 4.79 Å². The van der Waals surface area contributed by atoms with Gasteiger partial charge in [0.15, 0.2) is 0 Å². The molecule has 0 aliphatic heterocycles. The molecule has 0 saturated carbocycles. The summed E-state index contributed by atoms with van der Waals surface area (Å²) in [6.07, 6.45) is -2.03. The van der Waals surface area contributed by atoms with E-state index in [4.69, 9.17) is 17.2 Å². The van der Waals surface area contributed by atoms with Crippen molar-refractivity contribution in [1.82, 2.24) is 42.5 Å². The minimum Gasteiger partial charge on any atom is -0.481 e. The van der Waals surface area contributed by atoms with E-state index >= 15 is 0 Å². The minimum absolute atomic E-state index is 0.0156. The normalized spacial score (nSPS) is 15.6. The molecule has 0 spiro atoms. The Hall–Kier alpha value is -6.40. The highest BCUT2D eigenvalue weighted by Crippen LogP contribution is 2.14. The van der Waals surface area contributed by atoms with Crippen LogP contribution in [0.3, 0.4) is 0 Å². The van der Waals surface area contributed by atoms with Gasteiger partial charge in [-0.3, -0.25) is 52.7 Å². The van der Waals surface area contributed by atoms with Crippen LogP contribution in [0.25, 0.3) is 0 Å². The standard InChI is InChI=1S/C45H79N11O14/c1-12-24(10)36(44(68)49-25(11)37(61)54-31(45(69)70)17-22(6)7)56-43(67)35(23(8)9)55-42(66)28(16-21(4)5)51-40(64)29(18-33(48)58)52-41(65)30(19-34(59)60)53-39(63)27(13-14-32(47)57)50-38(62)26(46)15-20(2)3/h20-31,35-36H,12-19,46H2,1-11H3,(H2,47,57)(H2,48,58)(H,49,68)(H,50,62)(H,51,64)(H,52,65)(H,53,63)(H,54,61)(H,55,66)(H,56,67)(H,59,60)(H,69,70)/t24-,25-,26-,27-,28-,29-,30-,31-,35-,36-/m0/s1. The van der Waals surface area contributed by atoms with Crippen LogP contribution in [0.5, 0.6) is 0 Å². The van der Waals surface area contributed by atoms with Crippen LogP contribution in [0.2, 0.25) is 0 Å². The van der Waals surface area contributed by atoms with Gasteiger partial charge in [0, 0.05) is 6.42 Å². The van der Waals surface area contributed by atoms with Gasteiger partial charge in [0.05, 0.1) is 18.9 Å². The van der Waals surface area contributed by atoms with E-state index in [2.05, 4.69) is 42.5 Å². The average Bonchev–Trinajstić information content (AvgIpc) is 3.23. The molecule has 0 radical (unpaired) electrons. The van der Waals surface area contributed by atoms with Gasteiger partial charge in [-0.2, -0.15) is 0 Å². The minimum atomic E-state index is -1.94. The second kappa shape index (κ2) is 31.0. The molecule has 0 aromatic carbocycles. The molecule has 0 aliphatic rings. The fourth-order valence-corrected chi connectivity index (χ4v) is 6.86. The first-order valence-corrected chi connectivity index (χ1v) is 23.5. The number of carboxylic acid groups (broad SMARTS) is 2. The Morgan fingerprint density at radius 2 is 0.857 bits per heavy atom. The summed E-state index contributed by atoms with van der Waals surface area (Å²) in [5.41, 5.74) is 16.6. The van der Waals surface area contributed by atoms with Crippen molar-refractivity contribution in [3.63, 3.8) is 0 Å². The summed E-state index contributed by atoms with van der Waals surface area (Å²) in [4.78, 5) is 156. The van der Waals surface area contributed by atoms with Crippen molar-refractivity contribution in [2.24, 2.45) is 46.8 Å². The van der Waals surface area contributed by atoms with E-state index in [-0.39, 0.29) is 43.4 Å². The molecule has 0 aromatic heterocycles. The molecular formula is C45H79N11O14. The predicted molar refractivity (Wildman–Crippen MR) is 254 cm³/mol. The lowest BCUT2D eigenvalue weighted by Crippen LogP contribution is -2.62. The molecular weight excluding hydrogens is 919 g/mol. The quantitative estimate of drug-likeness (QED) is 0.0331. The number of rotatable bonds is 33. The Kier molecular flexibility index (Phi) is 28.1. The van der Waals surface area contributed by atoms with Crippen LogP contribution in [-0.4, -0.2) is 136 Å². The molecule has 0 aliphatic carbocycles. The highest BCUT2D eigenvalue weighted by molar-refractivity contribution is 6.00. The predicted octanol–water partition coefficient (Wildman–Crippen LogP) is -2.25. The second-order valence-corrected chi connectivity index (χ2v) is 19.2. The number of hydrogen-bond acceptors (Lipinski definition) is 13. The topological polar surface area (TPSA) is 420 Å². The Labute approximate surface area is 409 Å². The maximum atomic E-state index is 14.0. The fraction of sp³-hybridized carbons (Fsp3) is 0.733. The van der Waals surface area contributed by atoms with Crippen LogP contribution >= 0.6 is 0 Å². The Balaban J connectivity index is 6.51. The molecule has 398 valence electrons. The molecule has 70 heavy (non-hydrogen) atoms. The van der Waals surface area contributed by atoms with Crippen molar-refractivity contribution >= 4 is 71.0 Å². The molecule has 0 heterocycles. The number of carboxylic acids is 2. The third-order valence-corrected chi connectivity index (χ3v) is 10.9. The van der Waals surface area contributed by atoms with Crippen molar-refractivity contribution in [3.8, 4) is 0 Å². The third-order valence-electron chi connectivity index (χ3n) is 10.9. The third kappa shape index (κ3) is 24.2. The van der Waals surface area contributed by atoms with Crippen molar-refractivity contribution in [2.75, 3.05) is 0 Å². The zero-order valence-corrected chi connectivity index (χ0v) is 42.3. The van der Waals surface area contributed by atoms with Crippen molar-refractivity contribution < 1.29 is 67.7 Å².